The molecule has 0 radical (unpaired) electrons. The summed E-state index contributed by atoms with van der Waals surface area (Å²) in [6.45, 7) is 3.62. The number of aromatic nitrogens is 2. The Bertz CT molecular complexity index is 495. The van der Waals surface area contributed by atoms with E-state index in [0.29, 0.717) is 6.54 Å². The fraction of sp³-hybridized carbons (Fsp3) is 0.385. The Morgan fingerprint density at radius 1 is 1.33 bits per heavy atom. The van der Waals surface area contributed by atoms with Crippen molar-refractivity contribution in [2.75, 3.05) is 18.4 Å². The summed E-state index contributed by atoms with van der Waals surface area (Å²) in [5.74, 6) is 1.68. The van der Waals surface area contributed by atoms with Gasteiger partial charge in [0.15, 0.2) is 0 Å². The number of rotatable bonds is 6. The molecule has 0 aliphatic carbocycles. The van der Waals surface area contributed by atoms with E-state index in [1.54, 1.807) is 17.5 Å². The lowest BCUT2D eigenvalue weighted by atomic mass is 10.2. The Labute approximate surface area is 111 Å². The first-order chi connectivity index (χ1) is 8.79. The zero-order chi connectivity index (χ0) is 12.8. The van der Waals surface area contributed by atoms with E-state index in [4.69, 9.17) is 5.73 Å². The predicted molar refractivity (Wildman–Crippen MR) is 76.0 cm³/mol. The first-order valence-electron chi connectivity index (χ1n) is 6.08. The Morgan fingerprint density at radius 2 is 2.22 bits per heavy atom. The lowest BCUT2D eigenvalue weighted by Gasteiger charge is -2.06. The van der Waals surface area contributed by atoms with Crippen molar-refractivity contribution in [1.29, 1.82) is 0 Å². The van der Waals surface area contributed by atoms with Crippen LogP contribution in [-0.2, 0) is 12.8 Å². The van der Waals surface area contributed by atoms with Crippen molar-refractivity contribution in [3.05, 3.63) is 40.0 Å². The molecule has 0 unspecified atom stereocenters. The molecule has 0 aliphatic rings. The molecular formula is C13H18N4S. The van der Waals surface area contributed by atoms with Gasteiger partial charge in [0, 0.05) is 24.0 Å². The maximum absolute atomic E-state index is 5.49. The van der Waals surface area contributed by atoms with Crippen molar-refractivity contribution in [1.82, 2.24) is 9.97 Å². The Morgan fingerprint density at radius 3 is 2.94 bits per heavy atom. The normalized spacial score (nSPS) is 10.6. The first-order valence-corrected chi connectivity index (χ1v) is 6.96. The van der Waals surface area contributed by atoms with Gasteiger partial charge in [-0.2, -0.15) is 0 Å². The van der Waals surface area contributed by atoms with Gasteiger partial charge < -0.3 is 11.1 Å². The van der Waals surface area contributed by atoms with Gasteiger partial charge in [0.25, 0.3) is 0 Å². The van der Waals surface area contributed by atoms with Gasteiger partial charge in [-0.25, -0.2) is 9.97 Å². The van der Waals surface area contributed by atoms with E-state index < -0.39 is 0 Å². The van der Waals surface area contributed by atoms with Crippen molar-refractivity contribution in [2.45, 2.75) is 19.8 Å². The van der Waals surface area contributed by atoms with Crippen LogP contribution >= 0.6 is 11.3 Å². The highest BCUT2D eigenvalue weighted by atomic mass is 32.1. The molecule has 2 heterocycles. The molecule has 0 fully saturated rings. The van der Waals surface area contributed by atoms with E-state index in [2.05, 4.69) is 33.7 Å². The molecule has 5 heteroatoms. The predicted octanol–water partition coefficient (Wildman–Crippen LogP) is 2.00. The lowest BCUT2D eigenvalue weighted by molar-refractivity contribution is 0.864. The molecule has 18 heavy (non-hydrogen) atoms. The van der Waals surface area contributed by atoms with Crippen LogP contribution in [0.15, 0.2) is 23.7 Å². The van der Waals surface area contributed by atoms with Crippen LogP contribution in [0.5, 0.6) is 0 Å². The highest BCUT2D eigenvalue weighted by Crippen LogP contribution is 2.16. The summed E-state index contributed by atoms with van der Waals surface area (Å²) in [7, 11) is 0. The van der Waals surface area contributed by atoms with E-state index in [1.807, 2.05) is 6.07 Å². The van der Waals surface area contributed by atoms with Crippen LogP contribution in [0.2, 0.25) is 0 Å². The van der Waals surface area contributed by atoms with Gasteiger partial charge in [0.1, 0.15) is 11.6 Å². The van der Waals surface area contributed by atoms with Crippen LogP contribution in [0.1, 0.15) is 16.3 Å². The fourth-order valence-corrected chi connectivity index (χ4v) is 2.62. The molecule has 0 saturated carbocycles. The lowest BCUT2D eigenvalue weighted by Crippen LogP contribution is -2.10. The van der Waals surface area contributed by atoms with Crippen molar-refractivity contribution >= 4 is 17.2 Å². The third-order valence-corrected chi connectivity index (χ3v) is 3.78. The molecule has 96 valence electrons. The topological polar surface area (TPSA) is 63.8 Å². The van der Waals surface area contributed by atoms with Gasteiger partial charge in [-0.15, -0.1) is 11.3 Å². The number of nitrogens with zero attached hydrogens (tertiary/aromatic N) is 2. The molecule has 0 aromatic carbocycles. The summed E-state index contributed by atoms with van der Waals surface area (Å²) in [4.78, 5) is 10.0. The second-order valence-electron chi connectivity index (χ2n) is 4.10. The quantitative estimate of drug-likeness (QED) is 0.836. The highest BCUT2D eigenvalue weighted by Gasteiger charge is 2.01. The summed E-state index contributed by atoms with van der Waals surface area (Å²) in [5, 5.41) is 5.46. The molecule has 2 aromatic heterocycles. The highest BCUT2D eigenvalue weighted by molar-refractivity contribution is 7.10. The molecule has 0 amide bonds. The van der Waals surface area contributed by atoms with Crippen LogP contribution in [-0.4, -0.2) is 23.1 Å². The van der Waals surface area contributed by atoms with E-state index >= 15 is 0 Å². The standard InChI is InChI=1S/C13H18N4S/c1-10-5-9-18-11(10)3-7-15-13-4-8-16-12(17-13)2-6-14/h4-5,8-9H,2-3,6-7,14H2,1H3,(H,15,16,17). The van der Waals surface area contributed by atoms with Crippen molar-refractivity contribution in [2.24, 2.45) is 5.73 Å². The van der Waals surface area contributed by atoms with Crippen LogP contribution < -0.4 is 11.1 Å². The van der Waals surface area contributed by atoms with Gasteiger partial charge in [0.05, 0.1) is 0 Å². The Hall–Kier alpha value is -1.46. The molecule has 4 nitrogen and oxygen atoms in total. The SMILES string of the molecule is Cc1ccsc1CCNc1ccnc(CCN)n1. The first kappa shape index (κ1) is 13.0. The van der Waals surface area contributed by atoms with Gasteiger partial charge in [-0.05, 0) is 43.0 Å². The molecule has 0 saturated heterocycles. The fourth-order valence-electron chi connectivity index (χ4n) is 1.71. The van der Waals surface area contributed by atoms with Gasteiger partial charge >= 0.3 is 0 Å². The summed E-state index contributed by atoms with van der Waals surface area (Å²) < 4.78 is 0. The van der Waals surface area contributed by atoms with Crippen molar-refractivity contribution in [3.8, 4) is 0 Å². The number of nitrogens with two attached hydrogens (primary N) is 1. The zero-order valence-corrected chi connectivity index (χ0v) is 11.3. The molecule has 0 aliphatic heterocycles. The Balaban J connectivity index is 1.86. The smallest absolute Gasteiger partial charge is 0.131 e. The minimum absolute atomic E-state index is 0.581. The summed E-state index contributed by atoms with van der Waals surface area (Å²) in [6, 6.07) is 4.05. The molecule has 0 spiro atoms. The average Bonchev–Trinajstić information content (AvgIpc) is 2.76. The van der Waals surface area contributed by atoms with Crippen molar-refractivity contribution < 1.29 is 0 Å². The number of hydrogen-bond donors (Lipinski definition) is 2. The number of aryl methyl sites for hydroxylation is 1. The van der Waals surface area contributed by atoms with Crippen molar-refractivity contribution in [3.63, 3.8) is 0 Å². The number of nitrogens with one attached hydrogen (secondary N) is 1. The Kier molecular flexibility index (Phi) is 4.66. The summed E-state index contributed by atoms with van der Waals surface area (Å²) >= 11 is 1.81. The largest absolute Gasteiger partial charge is 0.370 e. The number of thiophene rings is 1. The molecule has 0 bridgehead atoms. The summed E-state index contributed by atoms with van der Waals surface area (Å²) in [5.41, 5.74) is 6.86. The molecule has 2 aromatic rings. The van der Waals surface area contributed by atoms with E-state index in [9.17, 15) is 0 Å². The van der Waals surface area contributed by atoms with E-state index in [0.717, 1.165) is 31.0 Å². The minimum atomic E-state index is 0.581. The van der Waals surface area contributed by atoms with Crippen LogP contribution in [0.4, 0.5) is 5.82 Å². The maximum atomic E-state index is 5.49. The second kappa shape index (κ2) is 6.47. The second-order valence-corrected chi connectivity index (χ2v) is 5.10. The average molecular weight is 262 g/mol. The van der Waals surface area contributed by atoms with Crippen LogP contribution in [0.3, 0.4) is 0 Å². The van der Waals surface area contributed by atoms with Crippen LogP contribution in [0, 0.1) is 6.92 Å². The molecular weight excluding hydrogens is 244 g/mol. The minimum Gasteiger partial charge on any atom is -0.370 e. The van der Waals surface area contributed by atoms with Gasteiger partial charge in [-0.1, -0.05) is 0 Å². The molecule has 3 N–H and O–H groups in total. The molecule has 0 atom stereocenters. The third-order valence-electron chi connectivity index (χ3n) is 2.70. The maximum Gasteiger partial charge on any atom is 0.131 e. The van der Waals surface area contributed by atoms with Crippen LogP contribution in [0.25, 0.3) is 0 Å². The number of anilines is 1. The monoisotopic (exact) mass is 262 g/mol. The van der Waals surface area contributed by atoms with E-state index in [-0.39, 0.29) is 0 Å². The van der Waals surface area contributed by atoms with Gasteiger partial charge in [-0.3, -0.25) is 0 Å². The number of hydrogen-bond acceptors (Lipinski definition) is 5. The third kappa shape index (κ3) is 3.51. The van der Waals surface area contributed by atoms with E-state index in [1.165, 1.54) is 10.4 Å². The molecule has 2 rings (SSSR count). The zero-order valence-electron chi connectivity index (χ0n) is 10.5. The summed E-state index contributed by atoms with van der Waals surface area (Å²) in [6.07, 6.45) is 3.52. The van der Waals surface area contributed by atoms with Gasteiger partial charge in [0.2, 0.25) is 0 Å².